The summed E-state index contributed by atoms with van der Waals surface area (Å²) in [6.07, 6.45) is 2.73. The van der Waals surface area contributed by atoms with E-state index in [9.17, 15) is 9.59 Å². The summed E-state index contributed by atoms with van der Waals surface area (Å²) in [4.78, 5) is 27.6. The normalized spacial score (nSPS) is 28.7. The topological polar surface area (TPSA) is 55.8 Å². The summed E-state index contributed by atoms with van der Waals surface area (Å²) in [6.45, 7) is 4.67. The van der Waals surface area contributed by atoms with Gasteiger partial charge < -0.3 is 9.47 Å². The predicted octanol–water partition coefficient (Wildman–Crippen LogP) is 3.22. The first-order valence-electron chi connectivity index (χ1n) is 9.71. The average molecular weight is 369 g/mol. The van der Waals surface area contributed by atoms with Gasteiger partial charge in [-0.15, -0.1) is 0 Å². The fourth-order valence-electron chi connectivity index (χ4n) is 5.55. The molecule has 2 aliphatic carbocycles. The quantitative estimate of drug-likeness (QED) is 0.591. The molecule has 0 unspecified atom stereocenters. The van der Waals surface area contributed by atoms with Crippen LogP contribution in [0.2, 0.25) is 0 Å². The second-order valence-electron chi connectivity index (χ2n) is 8.06. The zero-order chi connectivity index (χ0) is 19.3. The van der Waals surface area contributed by atoms with Crippen molar-refractivity contribution < 1.29 is 19.1 Å². The van der Waals surface area contributed by atoms with Gasteiger partial charge in [0.05, 0.1) is 26.1 Å². The lowest BCUT2D eigenvalue weighted by atomic mass is 9.81. The van der Waals surface area contributed by atoms with E-state index in [0.29, 0.717) is 24.5 Å². The molecule has 5 nitrogen and oxygen atoms in total. The van der Waals surface area contributed by atoms with E-state index in [-0.39, 0.29) is 35.5 Å². The summed E-state index contributed by atoms with van der Waals surface area (Å²) < 4.78 is 10.6. The average Bonchev–Trinajstić information content (AvgIpc) is 3.30. The third-order valence-corrected chi connectivity index (χ3v) is 6.59. The Morgan fingerprint density at radius 3 is 2.11 bits per heavy atom. The minimum atomic E-state index is -0.119. The van der Waals surface area contributed by atoms with Crippen LogP contribution < -0.4 is 9.47 Å². The Kier molecular flexibility index (Phi) is 4.49. The minimum absolute atomic E-state index is 0.0384. The lowest BCUT2D eigenvalue weighted by Gasteiger charge is -2.19. The molecule has 4 atom stereocenters. The number of nitrogens with zero attached hydrogens (tertiary/aromatic N) is 1. The van der Waals surface area contributed by atoms with Crippen molar-refractivity contribution in [1.82, 2.24) is 4.90 Å². The maximum absolute atomic E-state index is 13.0. The Bertz CT molecular complexity index is 792. The van der Waals surface area contributed by atoms with Gasteiger partial charge in [-0.2, -0.15) is 0 Å². The van der Waals surface area contributed by atoms with Gasteiger partial charge in [0.25, 0.3) is 0 Å². The van der Waals surface area contributed by atoms with E-state index in [4.69, 9.17) is 9.47 Å². The predicted molar refractivity (Wildman–Crippen MR) is 102 cm³/mol. The van der Waals surface area contributed by atoms with Gasteiger partial charge in [-0.25, -0.2) is 0 Å². The van der Waals surface area contributed by atoms with Crippen molar-refractivity contribution in [1.29, 1.82) is 0 Å². The molecule has 2 saturated carbocycles. The number of allylic oxidation sites excluding steroid dienone is 2. The van der Waals surface area contributed by atoms with Crippen molar-refractivity contribution in [3.05, 3.63) is 34.9 Å². The van der Waals surface area contributed by atoms with Crippen LogP contribution in [0.15, 0.2) is 29.3 Å². The first-order chi connectivity index (χ1) is 13.0. The Morgan fingerprint density at radius 1 is 1.00 bits per heavy atom. The largest absolute Gasteiger partial charge is 0.493 e. The number of likely N-dealkylation sites (tertiary alicyclic amines) is 1. The maximum atomic E-state index is 13.0. The van der Waals surface area contributed by atoms with Crippen molar-refractivity contribution in [2.45, 2.75) is 33.1 Å². The third-order valence-electron chi connectivity index (χ3n) is 6.59. The molecule has 3 aliphatic rings. The van der Waals surface area contributed by atoms with Gasteiger partial charge in [0.1, 0.15) is 0 Å². The van der Waals surface area contributed by atoms with Crippen LogP contribution in [0, 0.1) is 23.7 Å². The molecule has 2 bridgehead atoms. The van der Waals surface area contributed by atoms with E-state index in [2.05, 4.69) is 13.8 Å². The van der Waals surface area contributed by atoms with E-state index in [1.165, 1.54) is 16.0 Å². The molecule has 1 aromatic carbocycles. The highest BCUT2D eigenvalue weighted by atomic mass is 16.5. The lowest BCUT2D eigenvalue weighted by molar-refractivity contribution is -0.140. The highest BCUT2D eigenvalue weighted by Gasteiger charge is 2.63. The first kappa shape index (κ1) is 18.1. The smallest absolute Gasteiger partial charge is 0.233 e. The van der Waals surface area contributed by atoms with Crippen LogP contribution in [0.25, 0.3) is 0 Å². The minimum Gasteiger partial charge on any atom is -0.493 e. The zero-order valence-corrected chi connectivity index (χ0v) is 16.5. The van der Waals surface area contributed by atoms with Crippen molar-refractivity contribution in [3.8, 4) is 11.5 Å². The highest BCUT2D eigenvalue weighted by molar-refractivity contribution is 6.06. The molecule has 0 radical (unpaired) electrons. The molecule has 2 amide bonds. The van der Waals surface area contributed by atoms with Crippen LogP contribution in [-0.2, 0) is 16.0 Å². The summed E-state index contributed by atoms with van der Waals surface area (Å²) >= 11 is 0. The number of carbonyl (C=O) groups is 2. The van der Waals surface area contributed by atoms with E-state index in [0.717, 1.165) is 18.4 Å². The van der Waals surface area contributed by atoms with Crippen molar-refractivity contribution >= 4 is 11.8 Å². The fourth-order valence-corrected chi connectivity index (χ4v) is 5.55. The molecular weight excluding hydrogens is 342 g/mol. The molecule has 1 saturated heterocycles. The fraction of sp³-hybridized carbons (Fsp3) is 0.545. The number of ether oxygens (including phenoxy) is 2. The molecule has 1 aromatic rings. The van der Waals surface area contributed by atoms with Crippen LogP contribution in [-0.4, -0.2) is 37.5 Å². The number of carbonyl (C=O) groups excluding carboxylic acids is 2. The number of amides is 2. The molecule has 1 aliphatic heterocycles. The van der Waals surface area contributed by atoms with Gasteiger partial charge in [-0.05, 0) is 62.6 Å². The zero-order valence-electron chi connectivity index (χ0n) is 16.5. The van der Waals surface area contributed by atoms with Crippen LogP contribution in [0.4, 0.5) is 0 Å². The standard InChI is InChI=1S/C22H27NO4/c1-12(2)18-14-6-7-15(18)20-19(14)21(24)23(22(20)25)10-9-13-5-8-16(26-3)17(11-13)27-4/h5,8,11,14-15,19-20H,6-7,9-10H2,1-4H3/t14-,15-,19-,20+/m0/s1. The lowest BCUT2D eigenvalue weighted by Crippen LogP contribution is -2.35. The van der Waals surface area contributed by atoms with Gasteiger partial charge in [-0.3, -0.25) is 14.5 Å². The summed E-state index contributed by atoms with van der Waals surface area (Å²) in [6, 6.07) is 5.73. The number of benzene rings is 1. The van der Waals surface area contributed by atoms with E-state index in [1.54, 1.807) is 14.2 Å². The van der Waals surface area contributed by atoms with Gasteiger partial charge in [0.2, 0.25) is 11.8 Å². The first-order valence-corrected chi connectivity index (χ1v) is 9.71. The summed E-state index contributed by atoms with van der Waals surface area (Å²) in [5.74, 6) is 1.75. The third kappa shape index (κ3) is 2.67. The molecular formula is C22H27NO4. The molecule has 0 spiro atoms. The van der Waals surface area contributed by atoms with Crippen molar-refractivity contribution in [2.75, 3.05) is 20.8 Å². The van der Waals surface area contributed by atoms with E-state index >= 15 is 0 Å². The van der Waals surface area contributed by atoms with Gasteiger partial charge >= 0.3 is 0 Å². The van der Waals surface area contributed by atoms with Crippen molar-refractivity contribution in [3.63, 3.8) is 0 Å². The molecule has 0 aromatic heterocycles. The molecule has 5 heteroatoms. The molecule has 27 heavy (non-hydrogen) atoms. The Labute approximate surface area is 160 Å². The summed E-state index contributed by atoms with van der Waals surface area (Å²) in [5, 5.41) is 0. The van der Waals surface area contributed by atoms with Gasteiger partial charge in [-0.1, -0.05) is 17.2 Å². The summed E-state index contributed by atoms with van der Waals surface area (Å²) in [5.41, 5.74) is 3.72. The number of rotatable bonds is 5. The van der Waals surface area contributed by atoms with Gasteiger partial charge in [0.15, 0.2) is 11.5 Å². The number of imide groups is 1. The number of hydrogen-bond donors (Lipinski definition) is 0. The monoisotopic (exact) mass is 369 g/mol. The van der Waals surface area contributed by atoms with E-state index in [1.807, 2.05) is 18.2 Å². The SMILES string of the molecule is COc1ccc(CCN2C(=O)[C@@H]3[C@H](C2=O)[C@H]2CC[C@H]3C2=C(C)C)cc1OC. The second-order valence-corrected chi connectivity index (χ2v) is 8.06. The molecule has 0 N–H and O–H groups in total. The van der Waals surface area contributed by atoms with Crippen LogP contribution in [0.3, 0.4) is 0 Å². The number of fused-ring (bicyclic) bond motifs is 5. The Balaban J connectivity index is 1.50. The van der Waals surface area contributed by atoms with Gasteiger partial charge in [0, 0.05) is 6.54 Å². The molecule has 1 heterocycles. The van der Waals surface area contributed by atoms with Crippen LogP contribution >= 0.6 is 0 Å². The van der Waals surface area contributed by atoms with Crippen molar-refractivity contribution in [2.24, 2.45) is 23.7 Å². The summed E-state index contributed by atoms with van der Waals surface area (Å²) in [7, 11) is 3.21. The molecule has 3 fully saturated rings. The van der Waals surface area contributed by atoms with Crippen LogP contribution in [0.1, 0.15) is 32.3 Å². The Morgan fingerprint density at radius 2 is 1.59 bits per heavy atom. The van der Waals surface area contributed by atoms with E-state index < -0.39 is 0 Å². The maximum Gasteiger partial charge on any atom is 0.233 e. The van der Waals surface area contributed by atoms with Crippen LogP contribution in [0.5, 0.6) is 11.5 Å². The second kappa shape index (κ2) is 6.70. The number of methoxy groups -OCH3 is 2. The Hall–Kier alpha value is -2.30. The molecule has 4 rings (SSSR count). The highest BCUT2D eigenvalue weighted by Crippen LogP contribution is 2.60. The molecule has 144 valence electrons. The number of hydrogen-bond acceptors (Lipinski definition) is 4.